The second-order valence-corrected chi connectivity index (χ2v) is 7.72. The molecule has 0 aromatic rings. The maximum atomic E-state index is 12.5. The second-order valence-electron chi connectivity index (χ2n) is 7.72. The first-order valence-corrected chi connectivity index (χ1v) is 8.85. The summed E-state index contributed by atoms with van der Waals surface area (Å²) < 4.78 is 0. The summed E-state index contributed by atoms with van der Waals surface area (Å²) in [6, 6.07) is 1.83. The molecule has 0 spiro atoms. The van der Waals surface area contributed by atoms with Crippen molar-refractivity contribution in [3.05, 3.63) is 0 Å². The number of carbonyl (C=O) groups is 1. The van der Waals surface area contributed by atoms with Crippen LogP contribution < -0.4 is 11.1 Å². The van der Waals surface area contributed by atoms with Crippen LogP contribution in [-0.4, -0.2) is 41.5 Å². The normalized spacial score (nSPS) is 43.8. The van der Waals surface area contributed by atoms with Crippen molar-refractivity contribution in [3.8, 4) is 0 Å². The van der Waals surface area contributed by atoms with E-state index < -0.39 is 0 Å². The van der Waals surface area contributed by atoms with Crippen molar-refractivity contribution in [3.63, 3.8) is 0 Å². The molecule has 3 aliphatic rings. The van der Waals surface area contributed by atoms with Crippen LogP contribution >= 0.6 is 0 Å². The lowest BCUT2D eigenvalue weighted by Gasteiger charge is -2.45. The fraction of sp³-hybridized carbons (Fsp3) is 0.941. The Hall–Kier alpha value is -0.610. The van der Waals surface area contributed by atoms with Crippen molar-refractivity contribution in [2.45, 2.75) is 83.0 Å². The summed E-state index contributed by atoms with van der Waals surface area (Å²) in [7, 11) is 0. The molecule has 2 aliphatic carbocycles. The molecule has 4 nitrogen and oxygen atoms in total. The standard InChI is InChI=1S/C17H31N3O/c1-11-6-7-12(2)20(11)10-16(21)19-17-13-4-3-5-14(17)9-15(18)8-13/h11-15,17H,3-10,18H2,1-2H3,(H,19,21). The number of likely N-dealkylation sites (tertiary alicyclic amines) is 1. The maximum absolute atomic E-state index is 12.5. The third kappa shape index (κ3) is 3.26. The van der Waals surface area contributed by atoms with E-state index in [2.05, 4.69) is 24.1 Å². The lowest BCUT2D eigenvalue weighted by Crippen LogP contribution is -2.55. The van der Waals surface area contributed by atoms with Gasteiger partial charge in [0.1, 0.15) is 0 Å². The van der Waals surface area contributed by atoms with Crippen LogP contribution in [0, 0.1) is 11.8 Å². The van der Waals surface area contributed by atoms with Gasteiger partial charge in [0.15, 0.2) is 0 Å². The average Bonchev–Trinajstić information content (AvgIpc) is 2.72. The highest BCUT2D eigenvalue weighted by Gasteiger charge is 2.40. The monoisotopic (exact) mass is 293 g/mol. The quantitative estimate of drug-likeness (QED) is 0.835. The third-order valence-corrected chi connectivity index (χ3v) is 6.16. The summed E-state index contributed by atoms with van der Waals surface area (Å²) >= 11 is 0. The molecule has 21 heavy (non-hydrogen) atoms. The molecular weight excluding hydrogens is 262 g/mol. The number of amides is 1. The minimum atomic E-state index is 0.230. The average molecular weight is 293 g/mol. The predicted octanol–water partition coefficient (Wildman–Crippen LogP) is 1.88. The van der Waals surface area contributed by atoms with Crippen LogP contribution in [0.4, 0.5) is 0 Å². The van der Waals surface area contributed by atoms with Gasteiger partial charge in [0.25, 0.3) is 0 Å². The lowest BCUT2D eigenvalue weighted by atomic mass is 9.67. The van der Waals surface area contributed by atoms with Crippen molar-refractivity contribution < 1.29 is 4.79 Å². The van der Waals surface area contributed by atoms with E-state index in [-0.39, 0.29) is 5.91 Å². The molecular formula is C17H31N3O. The van der Waals surface area contributed by atoms with E-state index in [1.165, 1.54) is 32.1 Å². The van der Waals surface area contributed by atoms with E-state index >= 15 is 0 Å². The highest BCUT2D eigenvalue weighted by Crippen LogP contribution is 2.39. The van der Waals surface area contributed by atoms with Crippen LogP contribution in [0.2, 0.25) is 0 Å². The van der Waals surface area contributed by atoms with Crippen LogP contribution in [0.3, 0.4) is 0 Å². The third-order valence-electron chi connectivity index (χ3n) is 6.16. The Morgan fingerprint density at radius 3 is 2.24 bits per heavy atom. The summed E-state index contributed by atoms with van der Waals surface area (Å²) in [6.07, 6.45) is 8.43. The Labute approximate surface area is 128 Å². The van der Waals surface area contributed by atoms with Gasteiger partial charge >= 0.3 is 0 Å². The Bertz CT molecular complexity index is 362. The van der Waals surface area contributed by atoms with Gasteiger partial charge in [0.2, 0.25) is 5.91 Å². The molecule has 1 aliphatic heterocycles. The number of hydrogen-bond acceptors (Lipinski definition) is 3. The Balaban J connectivity index is 1.57. The molecule has 1 heterocycles. The van der Waals surface area contributed by atoms with Crippen molar-refractivity contribution >= 4 is 5.91 Å². The number of nitrogens with one attached hydrogen (secondary N) is 1. The van der Waals surface area contributed by atoms with Crippen LogP contribution in [0.25, 0.3) is 0 Å². The van der Waals surface area contributed by atoms with E-state index in [0.717, 1.165) is 12.8 Å². The van der Waals surface area contributed by atoms with Gasteiger partial charge in [-0.3, -0.25) is 9.69 Å². The molecule has 1 amide bonds. The number of hydrogen-bond donors (Lipinski definition) is 2. The number of carbonyl (C=O) groups excluding carboxylic acids is 1. The second kappa shape index (κ2) is 6.25. The van der Waals surface area contributed by atoms with Gasteiger partial charge in [-0.05, 0) is 64.2 Å². The Kier molecular flexibility index (Phi) is 4.55. The molecule has 1 saturated heterocycles. The first-order chi connectivity index (χ1) is 10.0. The van der Waals surface area contributed by atoms with E-state index in [1.54, 1.807) is 0 Å². The molecule has 3 rings (SSSR count). The van der Waals surface area contributed by atoms with Gasteiger partial charge < -0.3 is 11.1 Å². The molecule has 2 saturated carbocycles. The smallest absolute Gasteiger partial charge is 0.234 e. The van der Waals surface area contributed by atoms with Crippen LogP contribution in [0.5, 0.6) is 0 Å². The van der Waals surface area contributed by atoms with Crippen LogP contribution in [-0.2, 0) is 4.79 Å². The maximum Gasteiger partial charge on any atom is 0.234 e. The fourth-order valence-electron chi connectivity index (χ4n) is 4.98. The topological polar surface area (TPSA) is 58.4 Å². The van der Waals surface area contributed by atoms with Gasteiger partial charge in [-0.25, -0.2) is 0 Å². The molecule has 4 atom stereocenters. The first kappa shape index (κ1) is 15.3. The largest absolute Gasteiger partial charge is 0.352 e. The van der Waals surface area contributed by atoms with E-state index in [0.29, 0.717) is 42.5 Å². The summed E-state index contributed by atoms with van der Waals surface area (Å²) in [5.74, 6) is 1.46. The summed E-state index contributed by atoms with van der Waals surface area (Å²) in [5.41, 5.74) is 6.17. The highest BCUT2D eigenvalue weighted by molar-refractivity contribution is 5.78. The van der Waals surface area contributed by atoms with Crippen molar-refractivity contribution in [1.29, 1.82) is 0 Å². The van der Waals surface area contributed by atoms with E-state index in [4.69, 9.17) is 5.73 Å². The van der Waals surface area contributed by atoms with Gasteiger partial charge in [-0.15, -0.1) is 0 Å². The molecule has 120 valence electrons. The fourth-order valence-corrected chi connectivity index (χ4v) is 4.98. The zero-order valence-electron chi connectivity index (χ0n) is 13.6. The van der Waals surface area contributed by atoms with Crippen LogP contribution in [0.1, 0.15) is 58.8 Å². The molecule has 3 fully saturated rings. The van der Waals surface area contributed by atoms with Crippen molar-refractivity contribution in [2.24, 2.45) is 17.6 Å². The summed E-state index contributed by atoms with van der Waals surface area (Å²) in [6.45, 7) is 5.06. The predicted molar refractivity (Wildman–Crippen MR) is 84.8 cm³/mol. The zero-order chi connectivity index (χ0) is 15.0. The lowest BCUT2D eigenvalue weighted by molar-refractivity contribution is -0.125. The molecule has 4 heteroatoms. The summed E-state index contributed by atoms with van der Waals surface area (Å²) in [4.78, 5) is 14.8. The molecule has 3 N–H and O–H groups in total. The Morgan fingerprint density at radius 2 is 1.67 bits per heavy atom. The van der Waals surface area contributed by atoms with E-state index in [1.807, 2.05) is 0 Å². The highest BCUT2D eigenvalue weighted by atomic mass is 16.2. The minimum absolute atomic E-state index is 0.230. The molecule has 2 bridgehead atoms. The SMILES string of the molecule is CC1CCC(C)N1CC(=O)NC1C2CCCC1CC(N)C2. The van der Waals surface area contributed by atoms with Crippen molar-refractivity contribution in [1.82, 2.24) is 10.2 Å². The van der Waals surface area contributed by atoms with Gasteiger partial charge in [0.05, 0.1) is 6.54 Å². The molecule has 4 unspecified atom stereocenters. The molecule has 0 aromatic carbocycles. The number of nitrogens with two attached hydrogens (primary N) is 1. The van der Waals surface area contributed by atoms with E-state index in [9.17, 15) is 4.79 Å². The molecule has 0 aromatic heterocycles. The van der Waals surface area contributed by atoms with Gasteiger partial charge in [0, 0.05) is 24.2 Å². The number of rotatable bonds is 3. The zero-order valence-corrected chi connectivity index (χ0v) is 13.6. The first-order valence-electron chi connectivity index (χ1n) is 8.85. The van der Waals surface area contributed by atoms with Crippen molar-refractivity contribution in [2.75, 3.05) is 6.54 Å². The molecule has 0 radical (unpaired) electrons. The summed E-state index contributed by atoms with van der Waals surface area (Å²) in [5, 5.41) is 3.37. The minimum Gasteiger partial charge on any atom is -0.352 e. The Morgan fingerprint density at radius 1 is 1.10 bits per heavy atom. The van der Waals surface area contributed by atoms with Crippen LogP contribution in [0.15, 0.2) is 0 Å². The van der Waals surface area contributed by atoms with Gasteiger partial charge in [-0.2, -0.15) is 0 Å². The van der Waals surface area contributed by atoms with Gasteiger partial charge in [-0.1, -0.05) is 6.42 Å². The number of nitrogens with zero attached hydrogens (tertiary/aromatic N) is 1. The number of fused-ring (bicyclic) bond motifs is 2.